The van der Waals surface area contributed by atoms with Crippen molar-refractivity contribution in [2.45, 2.75) is 24.0 Å². The van der Waals surface area contributed by atoms with Gasteiger partial charge in [0.15, 0.2) is 5.65 Å². The summed E-state index contributed by atoms with van der Waals surface area (Å²) in [5.74, 6) is -0.586. The van der Waals surface area contributed by atoms with Gasteiger partial charge in [-0.25, -0.2) is 14.3 Å². The molecule has 192 valence electrons. The SMILES string of the molecule is N=C(/C(=C\NC1CCOC1=O)NC(=O)c1cnn2cccnc12)c1cc2c(cc1OC(F)F)NCCS2. The quantitative estimate of drug-likeness (QED) is 0.256. The van der Waals surface area contributed by atoms with Crippen molar-refractivity contribution < 1.29 is 27.8 Å². The van der Waals surface area contributed by atoms with Crippen LogP contribution >= 0.6 is 11.8 Å². The molecule has 14 heteroatoms. The molecule has 0 spiro atoms. The minimum atomic E-state index is -3.13. The standard InChI is InChI=1S/C23H21F2N7O4S/c24-23(25)36-17-9-15-18(37-7-4-27-15)8-12(17)19(26)16(11-29-14-2-6-35-22(14)34)31-21(33)13-10-30-32-5-1-3-28-20(13)32/h1,3,5,8-11,14,23,26-27,29H,2,4,6-7H2,(H,31,33)/b16-11+,26-19?. The summed E-state index contributed by atoms with van der Waals surface area (Å²) in [6.07, 6.45) is 6.13. The van der Waals surface area contributed by atoms with Gasteiger partial charge in [0.05, 0.1) is 29.9 Å². The number of nitrogens with one attached hydrogen (secondary N) is 4. The minimum Gasteiger partial charge on any atom is -0.464 e. The number of rotatable bonds is 8. The van der Waals surface area contributed by atoms with E-state index in [4.69, 9.17) is 14.9 Å². The van der Waals surface area contributed by atoms with Gasteiger partial charge in [0, 0.05) is 53.8 Å². The summed E-state index contributed by atoms with van der Waals surface area (Å²) in [7, 11) is 0. The number of hydrogen-bond donors (Lipinski definition) is 4. The van der Waals surface area contributed by atoms with Crippen molar-refractivity contribution in [1.82, 2.24) is 25.2 Å². The maximum atomic E-state index is 13.3. The van der Waals surface area contributed by atoms with Crippen LogP contribution in [0.1, 0.15) is 22.3 Å². The summed E-state index contributed by atoms with van der Waals surface area (Å²) in [5.41, 5.74) is 0.692. The molecule has 0 aliphatic carbocycles. The van der Waals surface area contributed by atoms with Gasteiger partial charge in [-0.1, -0.05) is 0 Å². The number of nitrogens with zero attached hydrogens (tertiary/aromatic N) is 3. The Morgan fingerprint density at radius 2 is 2.24 bits per heavy atom. The largest absolute Gasteiger partial charge is 0.464 e. The van der Waals surface area contributed by atoms with Crippen LogP contribution in [-0.2, 0) is 9.53 Å². The topological polar surface area (TPSA) is 143 Å². The molecule has 4 N–H and O–H groups in total. The van der Waals surface area contributed by atoms with Crippen LogP contribution in [0.5, 0.6) is 5.75 Å². The molecular weight excluding hydrogens is 508 g/mol. The fraction of sp³-hybridized carbons (Fsp3) is 0.261. The van der Waals surface area contributed by atoms with Gasteiger partial charge in [0.1, 0.15) is 17.4 Å². The van der Waals surface area contributed by atoms with Gasteiger partial charge < -0.3 is 25.4 Å². The molecule has 0 bridgehead atoms. The summed E-state index contributed by atoms with van der Waals surface area (Å²) in [4.78, 5) is 30.0. The van der Waals surface area contributed by atoms with Gasteiger partial charge in [-0.05, 0) is 12.1 Å². The number of ether oxygens (including phenoxy) is 2. The van der Waals surface area contributed by atoms with E-state index in [0.29, 0.717) is 18.7 Å². The second-order valence-electron chi connectivity index (χ2n) is 8.01. The number of alkyl halides is 2. The average Bonchev–Trinajstić information content (AvgIpc) is 3.51. The van der Waals surface area contributed by atoms with Gasteiger partial charge in [0.2, 0.25) is 0 Å². The second kappa shape index (κ2) is 10.4. The lowest BCUT2D eigenvalue weighted by atomic mass is 10.0. The first-order chi connectivity index (χ1) is 17.9. The highest BCUT2D eigenvalue weighted by Crippen LogP contribution is 2.37. The van der Waals surface area contributed by atoms with Crippen LogP contribution in [0, 0.1) is 5.41 Å². The van der Waals surface area contributed by atoms with Crippen LogP contribution in [0.2, 0.25) is 0 Å². The molecule has 1 saturated heterocycles. The molecular formula is C23H21F2N7O4S. The normalized spacial score (nSPS) is 17.2. The molecule has 2 aliphatic heterocycles. The number of amides is 1. The Morgan fingerprint density at radius 3 is 3.03 bits per heavy atom. The van der Waals surface area contributed by atoms with Gasteiger partial charge in [0.25, 0.3) is 5.91 Å². The highest BCUT2D eigenvalue weighted by Gasteiger charge is 2.27. The number of esters is 1. The highest BCUT2D eigenvalue weighted by molar-refractivity contribution is 7.99. The van der Waals surface area contributed by atoms with E-state index in [9.17, 15) is 18.4 Å². The minimum absolute atomic E-state index is 0.0376. The molecule has 0 radical (unpaired) electrons. The number of cyclic esters (lactones) is 1. The Morgan fingerprint density at radius 1 is 1.38 bits per heavy atom. The van der Waals surface area contributed by atoms with E-state index in [0.717, 1.165) is 10.6 Å². The third-order valence-electron chi connectivity index (χ3n) is 5.65. The number of hydrogen-bond acceptors (Lipinski definition) is 10. The Balaban J connectivity index is 1.51. The van der Waals surface area contributed by atoms with Crippen molar-refractivity contribution in [3.63, 3.8) is 0 Å². The number of anilines is 1. The van der Waals surface area contributed by atoms with Gasteiger partial charge in [-0.15, -0.1) is 11.8 Å². The molecule has 11 nitrogen and oxygen atoms in total. The Hall–Kier alpha value is -4.20. The summed E-state index contributed by atoms with van der Waals surface area (Å²) in [5, 5.41) is 21.6. The monoisotopic (exact) mass is 529 g/mol. The highest BCUT2D eigenvalue weighted by atomic mass is 32.2. The number of allylic oxidation sites excluding steroid dienone is 1. The van der Waals surface area contributed by atoms with Crippen LogP contribution in [-0.4, -0.2) is 63.7 Å². The van der Waals surface area contributed by atoms with E-state index in [-0.39, 0.29) is 40.5 Å². The smallest absolute Gasteiger partial charge is 0.387 e. The zero-order valence-electron chi connectivity index (χ0n) is 19.2. The van der Waals surface area contributed by atoms with Crippen molar-refractivity contribution in [2.75, 3.05) is 24.2 Å². The van der Waals surface area contributed by atoms with Crippen LogP contribution in [0.15, 0.2) is 53.6 Å². The first-order valence-corrected chi connectivity index (χ1v) is 12.2. The number of carbonyl (C=O) groups excluding carboxylic acids is 2. The van der Waals surface area contributed by atoms with E-state index in [1.54, 1.807) is 18.3 Å². The van der Waals surface area contributed by atoms with Crippen molar-refractivity contribution in [3.8, 4) is 5.75 Å². The molecule has 4 heterocycles. The average molecular weight is 530 g/mol. The lowest BCUT2D eigenvalue weighted by molar-refractivity contribution is -0.139. The molecule has 1 fully saturated rings. The van der Waals surface area contributed by atoms with Crippen molar-refractivity contribution >= 4 is 40.7 Å². The Kier molecular flexibility index (Phi) is 6.90. The predicted molar refractivity (Wildman–Crippen MR) is 130 cm³/mol. The fourth-order valence-corrected chi connectivity index (χ4v) is 4.79. The van der Waals surface area contributed by atoms with Gasteiger partial charge in [-0.3, -0.25) is 10.2 Å². The maximum Gasteiger partial charge on any atom is 0.387 e. The second-order valence-corrected chi connectivity index (χ2v) is 9.14. The third-order valence-corrected chi connectivity index (χ3v) is 6.70. The number of halogens is 2. The molecule has 3 aromatic rings. The van der Waals surface area contributed by atoms with E-state index < -0.39 is 24.5 Å². The number of fused-ring (bicyclic) bond motifs is 2. The summed E-state index contributed by atoms with van der Waals surface area (Å²) >= 11 is 1.50. The molecule has 1 unspecified atom stereocenters. The van der Waals surface area contributed by atoms with Gasteiger partial charge >= 0.3 is 12.6 Å². The van der Waals surface area contributed by atoms with E-state index in [1.807, 2.05) is 0 Å². The molecule has 2 aromatic heterocycles. The number of benzene rings is 1. The number of carbonyl (C=O) groups is 2. The fourth-order valence-electron chi connectivity index (χ4n) is 3.88. The Bertz CT molecular complexity index is 1410. The molecule has 0 saturated carbocycles. The predicted octanol–water partition coefficient (Wildman–Crippen LogP) is 2.39. The zero-order valence-corrected chi connectivity index (χ0v) is 20.0. The van der Waals surface area contributed by atoms with Crippen LogP contribution in [0.3, 0.4) is 0 Å². The summed E-state index contributed by atoms with van der Waals surface area (Å²) < 4.78 is 37.6. The Labute approximate surface area is 213 Å². The molecule has 1 atom stereocenters. The molecule has 37 heavy (non-hydrogen) atoms. The van der Waals surface area contributed by atoms with E-state index in [2.05, 4.69) is 26.0 Å². The third kappa shape index (κ3) is 5.18. The maximum absolute atomic E-state index is 13.3. The molecule has 1 amide bonds. The lowest BCUT2D eigenvalue weighted by Crippen LogP contribution is -2.34. The van der Waals surface area contributed by atoms with Crippen LogP contribution < -0.4 is 20.7 Å². The summed E-state index contributed by atoms with van der Waals surface area (Å²) in [6.45, 7) is -2.24. The van der Waals surface area contributed by atoms with Gasteiger partial charge in [-0.2, -0.15) is 13.9 Å². The number of thioether (sulfide) groups is 1. The van der Waals surface area contributed by atoms with E-state index in [1.165, 1.54) is 40.9 Å². The zero-order chi connectivity index (χ0) is 25.9. The van der Waals surface area contributed by atoms with Crippen molar-refractivity contribution in [1.29, 1.82) is 5.41 Å². The van der Waals surface area contributed by atoms with E-state index >= 15 is 0 Å². The number of aromatic nitrogens is 3. The lowest BCUT2D eigenvalue weighted by Gasteiger charge is -2.22. The van der Waals surface area contributed by atoms with Crippen molar-refractivity contribution in [3.05, 3.63) is 59.8 Å². The summed E-state index contributed by atoms with van der Waals surface area (Å²) in [6, 6.07) is 3.94. The molecule has 5 rings (SSSR count). The van der Waals surface area contributed by atoms with Crippen LogP contribution in [0.4, 0.5) is 14.5 Å². The van der Waals surface area contributed by atoms with Crippen molar-refractivity contribution in [2.24, 2.45) is 0 Å². The first-order valence-electron chi connectivity index (χ1n) is 11.2. The molecule has 1 aromatic carbocycles. The molecule has 2 aliphatic rings. The first kappa shape index (κ1) is 24.5. The van der Waals surface area contributed by atoms with Crippen LogP contribution in [0.25, 0.3) is 5.65 Å².